The minimum atomic E-state index is -0.500. The summed E-state index contributed by atoms with van der Waals surface area (Å²) in [6.07, 6.45) is 3.66. The first-order chi connectivity index (χ1) is 9.29. The zero-order chi connectivity index (χ0) is 13.2. The molecule has 0 saturated heterocycles. The summed E-state index contributed by atoms with van der Waals surface area (Å²) >= 11 is 1.73. The van der Waals surface area contributed by atoms with E-state index in [1.807, 2.05) is 16.7 Å². The van der Waals surface area contributed by atoms with Crippen molar-refractivity contribution in [2.45, 2.75) is 26.0 Å². The largest absolute Gasteiger partial charge is 0.386 e. The van der Waals surface area contributed by atoms with Gasteiger partial charge in [-0.05, 0) is 29.3 Å². The van der Waals surface area contributed by atoms with E-state index in [1.54, 1.807) is 23.9 Å². The minimum absolute atomic E-state index is 0.500. The van der Waals surface area contributed by atoms with Crippen LogP contribution in [0.4, 0.5) is 0 Å². The van der Waals surface area contributed by atoms with Crippen molar-refractivity contribution in [3.63, 3.8) is 0 Å². The monoisotopic (exact) mass is 272 g/mol. The van der Waals surface area contributed by atoms with Gasteiger partial charge in [-0.15, -0.1) is 11.3 Å². The van der Waals surface area contributed by atoms with Crippen molar-refractivity contribution in [1.82, 2.24) is 9.55 Å². The maximum absolute atomic E-state index is 10.4. The van der Waals surface area contributed by atoms with Crippen molar-refractivity contribution < 1.29 is 5.11 Å². The number of aryl methyl sites for hydroxylation is 1. The lowest BCUT2D eigenvalue weighted by Gasteiger charge is -2.12. The van der Waals surface area contributed by atoms with Gasteiger partial charge in [-0.1, -0.05) is 18.2 Å². The van der Waals surface area contributed by atoms with Crippen LogP contribution in [0.5, 0.6) is 0 Å². The fraction of sp³-hybridized carbons (Fsp3) is 0.267. The Hall–Kier alpha value is -1.65. The van der Waals surface area contributed by atoms with Gasteiger partial charge in [0.1, 0.15) is 0 Å². The van der Waals surface area contributed by atoms with Crippen LogP contribution in [-0.2, 0) is 13.0 Å². The second-order valence-corrected chi connectivity index (χ2v) is 5.49. The number of aliphatic hydroxyl groups is 1. The van der Waals surface area contributed by atoms with Crippen LogP contribution >= 0.6 is 11.3 Å². The smallest absolute Gasteiger partial charge is 0.0996 e. The molecule has 1 atom stereocenters. The molecule has 0 aliphatic heterocycles. The lowest BCUT2D eigenvalue weighted by atomic mass is 10.1. The van der Waals surface area contributed by atoms with Crippen molar-refractivity contribution in [3.05, 3.63) is 53.4 Å². The summed E-state index contributed by atoms with van der Waals surface area (Å²) in [4.78, 5) is 4.11. The molecule has 0 spiro atoms. The fourth-order valence-corrected chi connectivity index (χ4v) is 3.35. The summed E-state index contributed by atoms with van der Waals surface area (Å²) < 4.78 is 3.26. The predicted molar refractivity (Wildman–Crippen MR) is 78.4 cm³/mol. The summed E-state index contributed by atoms with van der Waals surface area (Å²) in [5, 5.41) is 13.8. The lowest BCUT2D eigenvalue weighted by Crippen LogP contribution is -2.08. The number of nitrogens with zero attached hydrogens (tertiary/aromatic N) is 2. The first-order valence-corrected chi connectivity index (χ1v) is 7.30. The first kappa shape index (κ1) is 12.4. The summed E-state index contributed by atoms with van der Waals surface area (Å²) in [5.74, 6) is 0. The number of imidazole rings is 1. The topological polar surface area (TPSA) is 38.0 Å². The van der Waals surface area contributed by atoms with Gasteiger partial charge in [0.25, 0.3) is 0 Å². The average molecular weight is 272 g/mol. The molecule has 1 aromatic carbocycles. The molecule has 1 unspecified atom stereocenters. The van der Waals surface area contributed by atoms with Crippen LogP contribution in [-0.4, -0.2) is 14.7 Å². The highest BCUT2D eigenvalue weighted by Crippen LogP contribution is 2.29. The van der Waals surface area contributed by atoms with Crippen LogP contribution in [0.1, 0.15) is 24.3 Å². The highest BCUT2D eigenvalue weighted by molar-refractivity contribution is 7.17. The van der Waals surface area contributed by atoms with Gasteiger partial charge in [0, 0.05) is 17.7 Å². The molecule has 0 radical (unpaired) electrons. The molecule has 4 heteroatoms. The fourth-order valence-electron chi connectivity index (χ4n) is 2.38. The third-order valence-electron chi connectivity index (χ3n) is 3.40. The van der Waals surface area contributed by atoms with Crippen molar-refractivity contribution in [2.75, 3.05) is 0 Å². The van der Waals surface area contributed by atoms with E-state index in [-0.39, 0.29) is 0 Å². The van der Waals surface area contributed by atoms with Crippen LogP contribution in [0.2, 0.25) is 0 Å². The molecule has 3 aromatic rings. The Bertz CT molecular complexity index is 686. The number of hydrogen-bond donors (Lipinski definition) is 1. The molecule has 2 aromatic heterocycles. The molecule has 2 heterocycles. The zero-order valence-corrected chi connectivity index (χ0v) is 11.6. The summed E-state index contributed by atoms with van der Waals surface area (Å²) in [6, 6.07) is 8.32. The molecule has 1 N–H and O–H groups in total. The molecular formula is C15H16N2OS. The Balaban J connectivity index is 1.89. The Kier molecular flexibility index (Phi) is 3.36. The molecule has 0 saturated carbocycles. The molecule has 98 valence electrons. The van der Waals surface area contributed by atoms with Gasteiger partial charge in [0.2, 0.25) is 0 Å². The second kappa shape index (κ2) is 5.15. The van der Waals surface area contributed by atoms with Gasteiger partial charge in [0.15, 0.2) is 0 Å². The number of benzene rings is 1. The summed E-state index contributed by atoms with van der Waals surface area (Å²) in [7, 11) is 0. The van der Waals surface area contributed by atoms with Crippen molar-refractivity contribution >= 4 is 21.4 Å². The standard InChI is InChI=1S/C15H16N2OS/c1-2-17-10-16-8-13(17)14(18)7-11-9-19-15-6-4-3-5-12(11)15/h3-6,8-10,14,18H,2,7H2,1H3. The Labute approximate surface area is 116 Å². The van der Waals surface area contributed by atoms with Crippen molar-refractivity contribution in [1.29, 1.82) is 0 Å². The van der Waals surface area contributed by atoms with Gasteiger partial charge in [-0.2, -0.15) is 0 Å². The number of fused-ring (bicyclic) bond motifs is 1. The predicted octanol–water partition coefficient (Wildman–Crippen LogP) is 3.39. The molecule has 0 fully saturated rings. The third kappa shape index (κ3) is 2.29. The van der Waals surface area contributed by atoms with E-state index in [1.165, 1.54) is 15.6 Å². The average Bonchev–Trinajstić information content (AvgIpc) is 3.05. The van der Waals surface area contributed by atoms with Gasteiger partial charge >= 0.3 is 0 Å². The number of hydrogen-bond acceptors (Lipinski definition) is 3. The van der Waals surface area contributed by atoms with Gasteiger partial charge in [-0.25, -0.2) is 4.98 Å². The van der Waals surface area contributed by atoms with Crippen LogP contribution in [0.15, 0.2) is 42.2 Å². The quantitative estimate of drug-likeness (QED) is 0.790. The van der Waals surface area contributed by atoms with E-state index in [0.717, 1.165) is 12.2 Å². The van der Waals surface area contributed by atoms with E-state index in [0.29, 0.717) is 6.42 Å². The lowest BCUT2D eigenvalue weighted by molar-refractivity contribution is 0.169. The highest BCUT2D eigenvalue weighted by Gasteiger charge is 2.15. The van der Waals surface area contributed by atoms with Gasteiger partial charge in [0.05, 0.1) is 24.3 Å². The first-order valence-electron chi connectivity index (χ1n) is 6.42. The minimum Gasteiger partial charge on any atom is -0.386 e. The second-order valence-electron chi connectivity index (χ2n) is 4.58. The van der Waals surface area contributed by atoms with Gasteiger partial charge in [-0.3, -0.25) is 0 Å². The van der Waals surface area contributed by atoms with Crippen LogP contribution in [0.25, 0.3) is 10.1 Å². The summed E-state index contributed by atoms with van der Waals surface area (Å²) in [6.45, 7) is 2.88. The number of thiophene rings is 1. The third-order valence-corrected chi connectivity index (χ3v) is 4.41. The molecule has 0 bridgehead atoms. The van der Waals surface area contributed by atoms with Gasteiger partial charge < -0.3 is 9.67 Å². The Morgan fingerprint density at radius 2 is 2.21 bits per heavy atom. The number of aromatic nitrogens is 2. The normalized spacial score (nSPS) is 12.9. The molecule has 19 heavy (non-hydrogen) atoms. The molecule has 0 aliphatic rings. The zero-order valence-electron chi connectivity index (χ0n) is 10.8. The highest BCUT2D eigenvalue weighted by atomic mass is 32.1. The molecular weight excluding hydrogens is 256 g/mol. The van der Waals surface area contributed by atoms with E-state index < -0.39 is 6.10 Å². The number of rotatable bonds is 4. The van der Waals surface area contributed by atoms with E-state index >= 15 is 0 Å². The molecule has 0 aliphatic carbocycles. The van der Waals surface area contributed by atoms with Crippen molar-refractivity contribution in [3.8, 4) is 0 Å². The Morgan fingerprint density at radius 1 is 1.37 bits per heavy atom. The maximum Gasteiger partial charge on any atom is 0.0996 e. The molecule has 3 nitrogen and oxygen atoms in total. The van der Waals surface area contributed by atoms with Crippen molar-refractivity contribution in [2.24, 2.45) is 0 Å². The number of aliphatic hydroxyl groups excluding tert-OH is 1. The SMILES string of the molecule is CCn1cncc1C(O)Cc1csc2ccccc12. The van der Waals surface area contributed by atoms with E-state index in [4.69, 9.17) is 0 Å². The maximum atomic E-state index is 10.4. The van der Waals surface area contributed by atoms with E-state index in [2.05, 4.69) is 29.4 Å². The van der Waals surface area contributed by atoms with Crippen LogP contribution < -0.4 is 0 Å². The van der Waals surface area contributed by atoms with Crippen LogP contribution in [0, 0.1) is 0 Å². The Morgan fingerprint density at radius 3 is 3.05 bits per heavy atom. The summed E-state index contributed by atoms with van der Waals surface area (Å²) in [5.41, 5.74) is 2.09. The molecule has 3 rings (SSSR count). The molecule has 0 amide bonds. The van der Waals surface area contributed by atoms with Crippen LogP contribution in [0.3, 0.4) is 0 Å². The van der Waals surface area contributed by atoms with E-state index in [9.17, 15) is 5.11 Å².